The summed E-state index contributed by atoms with van der Waals surface area (Å²) >= 11 is 3.88. The van der Waals surface area contributed by atoms with Crippen LogP contribution in [0.1, 0.15) is 13.8 Å². The molecule has 0 saturated heterocycles. The normalized spacial score (nSPS) is 10.5. The highest BCUT2D eigenvalue weighted by Crippen LogP contribution is 2.17. The van der Waals surface area contributed by atoms with Crippen LogP contribution in [0, 0.1) is 3.57 Å². The van der Waals surface area contributed by atoms with Crippen LogP contribution in [-0.2, 0) is 0 Å². The van der Waals surface area contributed by atoms with Gasteiger partial charge in [0.2, 0.25) is 0 Å². The molecule has 0 spiro atoms. The summed E-state index contributed by atoms with van der Waals surface area (Å²) in [4.78, 5) is 8.33. The lowest BCUT2D eigenvalue weighted by Crippen LogP contribution is -1.91. The minimum atomic E-state index is 0.551. The van der Waals surface area contributed by atoms with E-state index in [9.17, 15) is 0 Å². The van der Waals surface area contributed by atoms with Gasteiger partial charge in [-0.05, 0) is 22.6 Å². The quantitative estimate of drug-likeness (QED) is 0.473. The van der Waals surface area contributed by atoms with Gasteiger partial charge in [0.1, 0.15) is 0 Å². The zero-order valence-electron chi connectivity index (χ0n) is 6.41. The number of rotatable bonds is 2. The number of hydrogen-bond donors (Lipinski definition) is 0. The number of thioether (sulfide) groups is 1. The molecule has 0 aliphatic heterocycles. The van der Waals surface area contributed by atoms with E-state index >= 15 is 0 Å². The second-order valence-electron chi connectivity index (χ2n) is 2.35. The first-order valence-electron chi connectivity index (χ1n) is 3.32. The molecule has 0 N–H and O–H groups in total. The van der Waals surface area contributed by atoms with Gasteiger partial charge in [0.15, 0.2) is 5.16 Å². The van der Waals surface area contributed by atoms with Crippen LogP contribution in [-0.4, -0.2) is 15.2 Å². The highest BCUT2D eigenvalue weighted by atomic mass is 127. The highest BCUT2D eigenvalue weighted by Gasteiger charge is 1.99. The van der Waals surface area contributed by atoms with Crippen molar-refractivity contribution in [2.75, 3.05) is 0 Å². The number of halogens is 1. The summed E-state index contributed by atoms with van der Waals surface area (Å²) in [5, 5.41) is 1.41. The molecule has 11 heavy (non-hydrogen) atoms. The van der Waals surface area contributed by atoms with Gasteiger partial charge in [0.05, 0.1) is 0 Å². The van der Waals surface area contributed by atoms with Crippen LogP contribution in [0.5, 0.6) is 0 Å². The molecule has 0 unspecified atom stereocenters. The Morgan fingerprint density at radius 3 is 2.36 bits per heavy atom. The van der Waals surface area contributed by atoms with E-state index in [-0.39, 0.29) is 0 Å². The summed E-state index contributed by atoms with van der Waals surface area (Å²) in [5.41, 5.74) is 0. The molecule has 1 aromatic heterocycles. The van der Waals surface area contributed by atoms with Gasteiger partial charge < -0.3 is 0 Å². The van der Waals surface area contributed by atoms with Crippen LogP contribution in [0.25, 0.3) is 0 Å². The van der Waals surface area contributed by atoms with E-state index in [1.807, 2.05) is 12.4 Å². The molecule has 1 heterocycles. The Morgan fingerprint density at radius 1 is 1.36 bits per heavy atom. The average Bonchev–Trinajstić information content (AvgIpc) is 1.93. The molecule has 0 saturated carbocycles. The van der Waals surface area contributed by atoms with Crippen molar-refractivity contribution in [1.82, 2.24) is 9.97 Å². The van der Waals surface area contributed by atoms with Gasteiger partial charge in [0.25, 0.3) is 0 Å². The number of nitrogens with zero attached hydrogens (tertiary/aromatic N) is 2. The maximum absolute atomic E-state index is 4.16. The molecule has 0 amide bonds. The molecule has 1 aromatic rings. The topological polar surface area (TPSA) is 25.8 Å². The van der Waals surface area contributed by atoms with Crippen LogP contribution < -0.4 is 0 Å². The second-order valence-corrected chi connectivity index (χ2v) is 5.14. The first-order valence-corrected chi connectivity index (χ1v) is 5.28. The molecule has 0 radical (unpaired) electrons. The van der Waals surface area contributed by atoms with E-state index in [4.69, 9.17) is 0 Å². The van der Waals surface area contributed by atoms with E-state index in [1.54, 1.807) is 11.8 Å². The maximum Gasteiger partial charge on any atom is 0.187 e. The molecule has 0 atom stereocenters. The standard InChI is InChI=1S/C7H9IN2S/c1-5(2)11-7-9-3-6(8)4-10-7/h3-5H,1-2H3. The van der Waals surface area contributed by atoms with E-state index in [0.29, 0.717) is 5.25 Å². The fourth-order valence-electron chi connectivity index (χ4n) is 0.572. The predicted molar refractivity (Wildman–Crippen MR) is 55.7 cm³/mol. The van der Waals surface area contributed by atoms with Crippen LogP contribution in [0.2, 0.25) is 0 Å². The summed E-state index contributed by atoms with van der Waals surface area (Å²) in [6.07, 6.45) is 3.66. The molecule has 2 nitrogen and oxygen atoms in total. The Hall–Kier alpha value is 0.160. The van der Waals surface area contributed by atoms with Crippen molar-refractivity contribution >= 4 is 34.4 Å². The minimum absolute atomic E-state index is 0.551. The first-order chi connectivity index (χ1) is 5.18. The largest absolute Gasteiger partial charge is 0.230 e. The van der Waals surface area contributed by atoms with Crippen LogP contribution in [0.15, 0.2) is 17.6 Å². The van der Waals surface area contributed by atoms with Gasteiger partial charge in [-0.15, -0.1) is 0 Å². The zero-order chi connectivity index (χ0) is 8.27. The van der Waals surface area contributed by atoms with E-state index in [2.05, 4.69) is 46.4 Å². The molecule has 1 rings (SSSR count). The third-order valence-electron chi connectivity index (χ3n) is 0.938. The monoisotopic (exact) mass is 280 g/mol. The lowest BCUT2D eigenvalue weighted by molar-refractivity contribution is 0.945. The summed E-state index contributed by atoms with van der Waals surface area (Å²) < 4.78 is 1.08. The predicted octanol–water partition coefficient (Wildman–Crippen LogP) is 2.58. The molecule has 0 bridgehead atoms. The van der Waals surface area contributed by atoms with Crippen molar-refractivity contribution in [3.05, 3.63) is 16.0 Å². The Morgan fingerprint density at radius 2 is 1.91 bits per heavy atom. The lowest BCUT2D eigenvalue weighted by Gasteiger charge is -2.01. The van der Waals surface area contributed by atoms with Gasteiger partial charge in [-0.3, -0.25) is 0 Å². The van der Waals surface area contributed by atoms with Crippen molar-refractivity contribution in [3.8, 4) is 0 Å². The molecule has 0 aliphatic rings. The molecule has 0 aliphatic carbocycles. The fourth-order valence-corrected chi connectivity index (χ4v) is 1.50. The third-order valence-corrected chi connectivity index (χ3v) is 2.39. The van der Waals surface area contributed by atoms with Crippen molar-refractivity contribution < 1.29 is 0 Å². The van der Waals surface area contributed by atoms with Gasteiger partial charge in [-0.25, -0.2) is 9.97 Å². The van der Waals surface area contributed by atoms with Crippen LogP contribution in [0.4, 0.5) is 0 Å². The Kier molecular flexibility index (Phi) is 3.58. The lowest BCUT2D eigenvalue weighted by atomic mass is 10.6. The molecule has 4 heteroatoms. The van der Waals surface area contributed by atoms with Gasteiger partial charge in [0, 0.05) is 21.2 Å². The van der Waals surface area contributed by atoms with E-state index in [0.717, 1.165) is 8.73 Å². The fraction of sp³-hybridized carbons (Fsp3) is 0.429. The van der Waals surface area contributed by atoms with Crippen LogP contribution in [0.3, 0.4) is 0 Å². The third kappa shape index (κ3) is 3.37. The zero-order valence-corrected chi connectivity index (χ0v) is 9.39. The highest BCUT2D eigenvalue weighted by molar-refractivity contribution is 14.1. The maximum atomic E-state index is 4.16. The Balaban J connectivity index is 2.66. The first kappa shape index (κ1) is 9.25. The van der Waals surface area contributed by atoms with Gasteiger partial charge in [-0.2, -0.15) is 0 Å². The van der Waals surface area contributed by atoms with Gasteiger partial charge in [-0.1, -0.05) is 25.6 Å². The number of hydrogen-bond acceptors (Lipinski definition) is 3. The van der Waals surface area contributed by atoms with Crippen molar-refractivity contribution in [1.29, 1.82) is 0 Å². The SMILES string of the molecule is CC(C)Sc1ncc(I)cn1. The van der Waals surface area contributed by atoms with Crippen molar-refractivity contribution in [3.63, 3.8) is 0 Å². The summed E-state index contributed by atoms with van der Waals surface area (Å²) in [7, 11) is 0. The van der Waals surface area contributed by atoms with E-state index < -0.39 is 0 Å². The average molecular weight is 280 g/mol. The molecule has 60 valence electrons. The Bertz CT molecular complexity index is 222. The van der Waals surface area contributed by atoms with Crippen LogP contribution >= 0.6 is 34.4 Å². The Labute approximate surface area is 84.4 Å². The van der Waals surface area contributed by atoms with E-state index in [1.165, 1.54) is 0 Å². The number of aromatic nitrogens is 2. The molecular formula is C7H9IN2S. The summed E-state index contributed by atoms with van der Waals surface area (Å²) in [5.74, 6) is 0. The minimum Gasteiger partial charge on any atom is -0.230 e. The second kappa shape index (κ2) is 4.25. The van der Waals surface area contributed by atoms with Gasteiger partial charge >= 0.3 is 0 Å². The van der Waals surface area contributed by atoms with Crippen molar-refractivity contribution in [2.24, 2.45) is 0 Å². The summed E-state index contributed by atoms with van der Waals surface area (Å²) in [6.45, 7) is 4.26. The molecular weight excluding hydrogens is 271 g/mol. The molecule has 0 fully saturated rings. The van der Waals surface area contributed by atoms with Crippen molar-refractivity contribution in [2.45, 2.75) is 24.3 Å². The smallest absolute Gasteiger partial charge is 0.187 e. The summed E-state index contributed by atoms with van der Waals surface area (Å²) in [6, 6.07) is 0. The molecule has 0 aromatic carbocycles.